The van der Waals surface area contributed by atoms with Gasteiger partial charge in [0.25, 0.3) is 5.91 Å². The van der Waals surface area contributed by atoms with E-state index >= 15 is 0 Å². The first kappa shape index (κ1) is 18.6. The largest absolute Gasteiger partial charge is 0.487 e. The average molecular weight is 403 g/mol. The molecular weight excluding hydrogens is 386 g/mol. The van der Waals surface area contributed by atoms with Gasteiger partial charge in [-0.15, -0.1) is 11.3 Å². The number of amides is 2. The molecule has 0 bridgehead atoms. The molecule has 2 heterocycles. The molecule has 7 heteroatoms. The maximum absolute atomic E-state index is 12.6. The standard InChI is InChI=1S/C22H17N3O3S/c23-21(26)16-9-18(12-24-11-16)28-13-14-4-3-6-17(8-14)25-22(27)20-10-15-5-1-2-7-19(15)29-20/h1-12H,13H2,(H2,23,26)(H,25,27). The summed E-state index contributed by atoms with van der Waals surface area (Å²) in [6.07, 6.45) is 2.90. The molecule has 4 rings (SSSR count). The van der Waals surface area contributed by atoms with Crippen LogP contribution in [-0.2, 0) is 6.61 Å². The molecule has 0 unspecified atom stereocenters. The summed E-state index contributed by atoms with van der Waals surface area (Å²) in [5.41, 5.74) is 7.08. The third-order valence-corrected chi connectivity index (χ3v) is 5.35. The number of primary amides is 1. The summed E-state index contributed by atoms with van der Waals surface area (Å²) in [7, 11) is 0. The van der Waals surface area contributed by atoms with Crippen molar-refractivity contribution in [2.45, 2.75) is 6.61 Å². The Morgan fingerprint density at radius 3 is 2.72 bits per heavy atom. The van der Waals surface area contributed by atoms with Gasteiger partial charge in [0.2, 0.25) is 5.91 Å². The molecule has 0 spiro atoms. The zero-order valence-electron chi connectivity index (χ0n) is 15.3. The second-order valence-corrected chi connectivity index (χ2v) is 7.45. The van der Waals surface area contributed by atoms with Crippen LogP contribution in [0.5, 0.6) is 5.75 Å². The molecule has 0 aliphatic heterocycles. The molecule has 0 saturated heterocycles. The van der Waals surface area contributed by atoms with Gasteiger partial charge in [0.15, 0.2) is 0 Å². The SMILES string of the molecule is NC(=O)c1cncc(OCc2cccc(NC(=O)c3cc4ccccc4s3)c2)c1. The van der Waals surface area contributed by atoms with Gasteiger partial charge in [0.1, 0.15) is 12.4 Å². The van der Waals surface area contributed by atoms with Crippen molar-refractivity contribution in [1.82, 2.24) is 4.98 Å². The Labute approximate surface area is 171 Å². The van der Waals surface area contributed by atoms with Crippen LogP contribution < -0.4 is 15.8 Å². The van der Waals surface area contributed by atoms with E-state index in [1.807, 2.05) is 54.6 Å². The lowest BCUT2D eigenvalue weighted by Gasteiger charge is -2.09. The van der Waals surface area contributed by atoms with Crippen LogP contribution in [-0.4, -0.2) is 16.8 Å². The zero-order valence-corrected chi connectivity index (χ0v) is 16.1. The number of benzene rings is 2. The molecular formula is C22H17N3O3S. The number of fused-ring (bicyclic) bond motifs is 1. The molecule has 0 radical (unpaired) electrons. The summed E-state index contributed by atoms with van der Waals surface area (Å²) in [6.45, 7) is 0.260. The van der Waals surface area contributed by atoms with Crippen molar-refractivity contribution >= 4 is 38.9 Å². The van der Waals surface area contributed by atoms with Crippen molar-refractivity contribution in [3.63, 3.8) is 0 Å². The monoisotopic (exact) mass is 403 g/mol. The van der Waals surface area contributed by atoms with Gasteiger partial charge in [-0.3, -0.25) is 14.6 Å². The number of carbonyl (C=O) groups excluding carboxylic acids is 2. The Hall–Kier alpha value is -3.71. The van der Waals surface area contributed by atoms with Crippen molar-refractivity contribution in [2.24, 2.45) is 5.73 Å². The molecule has 144 valence electrons. The van der Waals surface area contributed by atoms with E-state index in [1.54, 1.807) is 6.07 Å². The van der Waals surface area contributed by atoms with E-state index in [0.29, 0.717) is 16.3 Å². The quantitative estimate of drug-likeness (QED) is 0.504. The van der Waals surface area contributed by atoms with E-state index in [9.17, 15) is 9.59 Å². The number of ether oxygens (including phenoxy) is 1. The van der Waals surface area contributed by atoms with E-state index in [-0.39, 0.29) is 18.1 Å². The topological polar surface area (TPSA) is 94.3 Å². The van der Waals surface area contributed by atoms with Crippen molar-refractivity contribution < 1.29 is 14.3 Å². The smallest absolute Gasteiger partial charge is 0.265 e. The number of rotatable bonds is 6. The first-order chi connectivity index (χ1) is 14.1. The second-order valence-electron chi connectivity index (χ2n) is 6.37. The molecule has 2 amide bonds. The van der Waals surface area contributed by atoms with Crippen molar-refractivity contribution in [3.05, 3.63) is 89.1 Å². The fourth-order valence-corrected chi connectivity index (χ4v) is 3.78. The van der Waals surface area contributed by atoms with E-state index in [1.165, 1.54) is 23.7 Å². The van der Waals surface area contributed by atoms with Crippen molar-refractivity contribution in [3.8, 4) is 5.75 Å². The third kappa shape index (κ3) is 4.41. The number of hydrogen-bond acceptors (Lipinski definition) is 5. The van der Waals surface area contributed by atoms with Gasteiger partial charge in [-0.2, -0.15) is 0 Å². The molecule has 3 N–H and O–H groups in total. The highest BCUT2D eigenvalue weighted by atomic mass is 32.1. The summed E-state index contributed by atoms with van der Waals surface area (Å²) in [5.74, 6) is -0.266. The number of nitrogens with two attached hydrogens (primary N) is 1. The summed E-state index contributed by atoms with van der Waals surface area (Å²) >= 11 is 1.46. The Bertz CT molecular complexity index is 1170. The van der Waals surface area contributed by atoms with Crippen LogP contribution in [0.15, 0.2) is 73.1 Å². The van der Waals surface area contributed by atoms with Gasteiger partial charge in [-0.1, -0.05) is 30.3 Å². The minimum Gasteiger partial charge on any atom is -0.487 e. The van der Waals surface area contributed by atoms with Crippen molar-refractivity contribution in [2.75, 3.05) is 5.32 Å². The summed E-state index contributed by atoms with van der Waals surface area (Å²) in [4.78, 5) is 28.4. The molecule has 2 aromatic carbocycles. The highest BCUT2D eigenvalue weighted by molar-refractivity contribution is 7.20. The highest BCUT2D eigenvalue weighted by Crippen LogP contribution is 2.26. The van der Waals surface area contributed by atoms with E-state index in [0.717, 1.165) is 15.6 Å². The van der Waals surface area contributed by atoms with Gasteiger partial charge < -0.3 is 15.8 Å². The number of hydrogen-bond donors (Lipinski definition) is 2. The van der Waals surface area contributed by atoms with E-state index in [4.69, 9.17) is 10.5 Å². The van der Waals surface area contributed by atoms with Crippen LogP contribution in [0.1, 0.15) is 25.6 Å². The van der Waals surface area contributed by atoms with Crippen LogP contribution in [0.3, 0.4) is 0 Å². The molecule has 0 aliphatic rings. The van der Waals surface area contributed by atoms with Crippen molar-refractivity contribution in [1.29, 1.82) is 0 Å². The number of thiophene rings is 1. The van der Waals surface area contributed by atoms with Gasteiger partial charge in [0.05, 0.1) is 16.6 Å². The van der Waals surface area contributed by atoms with Crippen LogP contribution in [0, 0.1) is 0 Å². The molecule has 0 saturated carbocycles. The summed E-state index contributed by atoms with van der Waals surface area (Å²) < 4.78 is 6.76. The van der Waals surface area contributed by atoms with Crippen LogP contribution in [0.4, 0.5) is 5.69 Å². The molecule has 0 aliphatic carbocycles. The predicted octanol–water partition coefficient (Wildman–Crippen LogP) is 4.23. The minimum atomic E-state index is -0.561. The minimum absolute atomic E-state index is 0.150. The molecule has 0 atom stereocenters. The van der Waals surface area contributed by atoms with E-state index < -0.39 is 5.91 Å². The normalized spacial score (nSPS) is 10.6. The molecule has 0 fully saturated rings. The molecule has 4 aromatic rings. The number of anilines is 1. The number of nitrogens with one attached hydrogen (secondary N) is 1. The number of aromatic nitrogens is 1. The third-order valence-electron chi connectivity index (χ3n) is 4.24. The number of carbonyl (C=O) groups is 2. The Morgan fingerprint density at radius 2 is 1.90 bits per heavy atom. The van der Waals surface area contributed by atoms with Crippen LogP contribution in [0.2, 0.25) is 0 Å². The number of nitrogens with zero attached hydrogens (tertiary/aromatic N) is 1. The van der Waals surface area contributed by atoms with Gasteiger partial charge in [0, 0.05) is 16.6 Å². The number of pyridine rings is 1. The maximum Gasteiger partial charge on any atom is 0.265 e. The van der Waals surface area contributed by atoms with Gasteiger partial charge in [-0.05, 0) is 41.3 Å². The lowest BCUT2D eigenvalue weighted by atomic mass is 10.2. The molecule has 6 nitrogen and oxygen atoms in total. The lowest BCUT2D eigenvalue weighted by Crippen LogP contribution is -2.11. The van der Waals surface area contributed by atoms with Gasteiger partial charge in [-0.25, -0.2) is 0 Å². The predicted molar refractivity (Wildman–Crippen MR) is 113 cm³/mol. The Kier molecular flexibility index (Phi) is 5.22. The fraction of sp³-hybridized carbons (Fsp3) is 0.0455. The first-order valence-corrected chi connectivity index (χ1v) is 9.67. The van der Waals surface area contributed by atoms with Crippen LogP contribution in [0.25, 0.3) is 10.1 Å². The molecule has 2 aromatic heterocycles. The van der Waals surface area contributed by atoms with E-state index in [2.05, 4.69) is 10.3 Å². The molecule has 29 heavy (non-hydrogen) atoms. The highest BCUT2D eigenvalue weighted by Gasteiger charge is 2.11. The maximum atomic E-state index is 12.6. The Morgan fingerprint density at radius 1 is 1.03 bits per heavy atom. The zero-order chi connectivity index (χ0) is 20.2. The van der Waals surface area contributed by atoms with Crippen LogP contribution >= 0.6 is 11.3 Å². The summed E-state index contributed by atoms with van der Waals surface area (Å²) in [5, 5.41) is 3.98. The fourth-order valence-electron chi connectivity index (χ4n) is 2.82. The first-order valence-electron chi connectivity index (χ1n) is 8.85. The lowest BCUT2D eigenvalue weighted by molar-refractivity contribution is 0.0997. The Balaban J connectivity index is 1.43. The second kappa shape index (κ2) is 8.12. The summed E-state index contributed by atoms with van der Waals surface area (Å²) in [6, 6.07) is 18.7. The van der Waals surface area contributed by atoms with Gasteiger partial charge >= 0.3 is 0 Å². The average Bonchev–Trinajstić information content (AvgIpc) is 3.17.